The predicted molar refractivity (Wildman–Crippen MR) is 62.8 cm³/mol. The van der Waals surface area contributed by atoms with Gasteiger partial charge in [0.2, 0.25) is 0 Å². The van der Waals surface area contributed by atoms with Crippen LogP contribution >= 0.6 is 0 Å². The van der Waals surface area contributed by atoms with Crippen molar-refractivity contribution in [2.45, 2.75) is 45.1 Å². The number of rotatable bonds is 2. The van der Waals surface area contributed by atoms with Gasteiger partial charge in [-0.2, -0.15) is 0 Å². The first kappa shape index (κ1) is 11.6. The Morgan fingerprint density at radius 1 is 1.50 bits per heavy atom. The number of hydrogen-bond acceptors (Lipinski definition) is 1. The van der Waals surface area contributed by atoms with E-state index in [-0.39, 0.29) is 5.82 Å². The lowest BCUT2D eigenvalue weighted by Gasteiger charge is -2.23. The summed E-state index contributed by atoms with van der Waals surface area (Å²) in [4.78, 5) is 0. The molecule has 1 fully saturated rings. The second-order valence-electron chi connectivity index (χ2n) is 5.32. The molecule has 0 amide bonds. The van der Waals surface area contributed by atoms with Crippen LogP contribution in [0.15, 0.2) is 18.2 Å². The molecule has 1 nitrogen and oxygen atoms in total. The minimum absolute atomic E-state index is 0.201. The molecule has 0 saturated heterocycles. The highest BCUT2D eigenvalue weighted by atomic mass is 19.1. The average Bonchev–Trinajstić information content (AvgIpc) is 2.52. The molecule has 1 aromatic rings. The molecule has 1 saturated carbocycles. The second-order valence-corrected chi connectivity index (χ2v) is 5.32. The summed E-state index contributed by atoms with van der Waals surface area (Å²) in [7, 11) is 0. The van der Waals surface area contributed by atoms with E-state index in [2.05, 4.69) is 6.92 Å². The van der Waals surface area contributed by atoms with Gasteiger partial charge in [-0.15, -0.1) is 0 Å². The van der Waals surface area contributed by atoms with Crippen LogP contribution in [0.3, 0.4) is 0 Å². The van der Waals surface area contributed by atoms with Crippen LogP contribution in [0.2, 0.25) is 0 Å². The van der Waals surface area contributed by atoms with E-state index >= 15 is 0 Å². The molecule has 0 radical (unpaired) electrons. The molecule has 0 spiro atoms. The van der Waals surface area contributed by atoms with E-state index in [4.69, 9.17) is 0 Å². The summed E-state index contributed by atoms with van der Waals surface area (Å²) in [5.74, 6) is 0.402. The molecule has 88 valence electrons. The standard InChI is InChI=1S/C14H19FO/c1-10-5-6-14(16,8-10)9-12-3-4-13(15)7-11(12)2/h3-4,7,10,16H,5-6,8-9H2,1-2H3. The molecule has 1 aliphatic rings. The van der Waals surface area contributed by atoms with Crippen LogP contribution in [0, 0.1) is 18.7 Å². The molecule has 2 atom stereocenters. The molecule has 1 N–H and O–H groups in total. The lowest BCUT2D eigenvalue weighted by Crippen LogP contribution is -2.28. The quantitative estimate of drug-likeness (QED) is 0.814. The summed E-state index contributed by atoms with van der Waals surface area (Å²) in [5.41, 5.74) is 1.44. The van der Waals surface area contributed by atoms with Crippen LogP contribution < -0.4 is 0 Å². The predicted octanol–water partition coefficient (Wildman–Crippen LogP) is 3.23. The molecule has 0 aromatic heterocycles. The van der Waals surface area contributed by atoms with Crippen LogP contribution in [0.5, 0.6) is 0 Å². The minimum Gasteiger partial charge on any atom is -0.390 e. The SMILES string of the molecule is Cc1cc(F)ccc1CC1(O)CCC(C)C1. The first-order chi connectivity index (χ1) is 7.48. The van der Waals surface area contributed by atoms with E-state index in [0.29, 0.717) is 12.3 Å². The second kappa shape index (κ2) is 4.17. The molecule has 0 bridgehead atoms. The summed E-state index contributed by atoms with van der Waals surface area (Å²) >= 11 is 0. The third-order valence-corrected chi connectivity index (χ3v) is 3.66. The number of hydrogen-bond donors (Lipinski definition) is 1. The van der Waals surface area contributed by atoms with Crippen LogP contribution in [0.1, 0.15) is 37.3 Å². The van der Waals surface area contributed by atoms with Crippen molar-refractivity contribution < 1.29 is 9.50 Å². The van der Waals surface area contributed by atoms with Crippen LogP contribution in [0.4, 0.5) is 4.39 Å². The van der Waals surface area contributed by atoms with Crippen molar-refractivity contribution in [1.82, 2.24) is 0 Å². The van der Waals surface area contributed by atoms with Gasteiger partial charge in [-0.3, -0.25) is 0 Å². The van der Waals surface area contributed by atoms with Gasteiger partial charge in [-0.05, 0) is 55.4 Å². The highest BCUT2D eigenvalue weighted by Crippen LogP contribution is 2.37. The Labute approximate surface area is 96.3 Å². The molecule has 2 unspecified atom stereocenters. The van der Waals surface area contributed by atoms with Gasteiger partial charge < -0.3 is 5.11 Å². The highest BCUT2D eigenvalue weighted by molar-refractivity contribution is 5.28. The van der Waals surface area contributed by atoms with Gasteiger partial charge in [0.15, 0.2) is 0 Å². The Bertz CT molecular complexity index is 388. The molecule has 1 aromatic carbocycles. The molecule has 16 heavy (non-hydrogen) atoms. The molecule has 2 rings (SSSR count). The fourth-order valence-electron chi connectivity index (χ4n) is 2.74. The third-order valence-electron chi connectivity index (χ3n) is 3.66. The van der Waals surface area contributed by atoms with E-state index < -0.39 is 5.60 Å². The van der Waals surface area contributed by atoms with Crippen molar-refractivity contribution in [1.29, 1.82) is 0 Å². The van der Waals surface area contributed by atoms with Gasteiger partial charge >= 0.3 is 0 Å². The highest BCUT2D eigenvalue weighted by Gasteiger charge is 2.35. The van der Waals surface area contributed by atoms with Crippen molar-refractivity contribution in [2.75, 3.05) is 0 Å². The molecular weight excluding hydrogens is 203 g/mol. The largest absolute Gasteiger partial charge is 0.390 e. The van der Waals surface area contributed by atoms with Crippen molar-refractivity contribution in [3.05, 3.63) is 35.1 Å². The molecule has 0 aliphatic heterocycles. The zero-order valence-electron chi connectivity index (χ0n) is 9.96. The fraction of sp³-hybridized carbons (Fsp3) is 0.571. The molecule has 0 heterocycles. The lowest BCUT2D eigenvalue weighted by atomic mass is 9.90. The summed E-state index contributed by atoms with van der Waals surface area (Å²) in [6.45, 7) is 4.08. The maximum absolute atomic E-state index is 13.0. The zero-order valence-corrected chi connectivity index (χ0v) is 9.96. The van der Waals surface area contributed by atoms with Crippen molar-refractivity contribution in [2.24, 2.45) is 5.92 Å². The molecular formula is C14H19FO. The number of aryl methyl sites for hydroxylation is 1. The first-order valence-corrected chi connectivity index (χ1v) is 5.96. The zero-order chi connectivity index (χ0) is 11.8. The van der Waals surface area contributed by atoms with E-state index in [1.165, 1.54) is 12.1 Å². The van der Waals surface area contributed by atoms with Crippen LogP contribution in [0.25, 0.3) is 0 Å². The van der Waals surface area contributed by atoms with Gasteiger partial charge in [0.25, 0.3) is 0 Å². The van der Waals surface area contributed by atoms with Crippen molar-refractivity contribution in [3.8, 4) is 0 Å². The monoisotopic (exact) mass is 222 g/mol. The topological polar surface area (TPSA) is 20.2 Å². The van der Waals surface area contributed by atoms with Gasteiger partial charge in [-0.25, -0.2) is 4.39 Å². The van der Waals surface area contributed by atoms with Gasteiger partial charge in [0.1, 0.15) is 5.82 Å². The molecule has 2 heteroatoms. The number of aliphatic hydroxyl groups is 1. The average molecular weight is 222 g/mol. The van der Waals surface area contributed by atoms with E-state index in [0.717, 1.165) is 30.4 Å². The van der Waals surface area contributed by atoms with E-state index in [9.17, 15) is 9.50 Å². The van der Waals surface area contributed by atoms with Crippen LogP contribution in [-0.4, -0.2) is 10.7 Å². The third kappa shape index (κ3) is 2.43. The summed E-state index contributed by atoms with van der Waals surface area (Å²) in [6.07, 6.45) is 3.48. The van der Waals surface area contributed by atoms with Crippen molar-refractivity contribution in [3.63, 3.8) is 0 Å². The Balaban J connectivity index is 2.14. The Morgan fingerprint density at radius 3 is 2.81 bits per heavy atom. The number of halogens is 1. The van der Waals surface area contributed by atoms with Gasteiger partial charge in [0.05, 0.1) is 5.60 Å². The van der Waals surface area contributed by atoms with E-state index in [1.807, 2.05) is 6.92 Å². The summed E-state index contributed by atoms with van der Waals surface area (Å²) in [5, 5.41) is 10.4. The van der Waals surface area contributed by atoms with E-state index in [1.54, 1.807) is 6.07 Å². The first-order valence-electron chi connectivity index (χ1n) is 5.96. The molecule has 1 aliphatic carbocycles. The summed E-state index contributed by atoms with van der Waals surface area (Å²) in [6, 6.07) is 4.81. The van der Waals surface area contributed by atoms with Crippen molar-refractivity contribution >= 4 is 0 Å². The van der Waals surface area contributed by atoms with Crippen LogP contribution in [-0.2, 0) is 6.42 Å². The number of benzene rings is 1. The summed E-state index contributed by atoms with van der Waals surface area (Å²) < 4.78 is 13.0. The maximum Gasteiger partial charge on any atom is 0.123 e. The Kier molecular flexibility index (Phi) is 3.02. The Morgan fingerprint density at radius 2 is 2.25 bits per heavy atom. The van der Waals surface area contributed by atoms with Gasteiger partial charge in [0, 0.05) is 6.42 Å². The minimum atomic E-state index is -0.567. The lowest BCUT2D eigenvalue weighted by molar-refractivity contribution is 0.0444. The Hall–Kier alpha value is -0.890. The normalized spacial score (nSPS) is 29.6. The smallest absolute Gasteiger partial charge is 0.123 e. The maximum atomic E-state index is 13.0. The fourth-order valence-corrected chi connectivity index (χ4v) is 2.74. The van der Waals surface area contributed by atoms with Gasteiger partial charge in [-0.1, -0.05) is 13.0 Å².